The Hall–Kier alpha value is -6.02. The molecule has 4 aliphatic rings. The normalized spacial score (nSPS) is 20.8. The van der Waals surface area contributed by atoms with Crippen LogP contribution >= 0.6 is 0 Å². The molecule has 316 valence electrons. The Labute approximate surface area is 364 Å². The summed E-state index contributed by atoms with van der Waals surface area (Å²) in [7, 11) is 0. The van der Waals surface area contributed by atoms with Crippen molar-refractivity contribution < 1.29 is 9.59 Å². The molecule has 10 nitrogen and oxygen atoms in total. The summed E-state index contributed by atoms with van der Waals surface area (Å²) in [4.78, 5) is 54.5. The minimum absolute atomic E-state index is 0.0748. The molecule has 10 rings (SSSR count). The lowest BCUT2D eigenvalue weighted by molar-refractivity contribution is -0.139. The van der Waals surface area contributed by atoms with Gasteiger partial charge in [0.2, 0.25) is 11.8 Å². The highest BCUT2D eigenvalue weighted by Crippen LogP contribution is 2.38. The van der Waals surface area contributed by atoms with E-state index in [1.165, 1.54) is 12.8 Å². The number of piperidine rings is 2. The van der Waals surface area contributed by atoms with Gasteiger partial charge in [0.05, 0.1) is 29.3 Å². The molecule has 0 spiro atoms. The van der Waals surface area contributed by atoms with Crippen LogP contribution in [0.3, 0.4) is 0 Å². The van der Waals surface area contributed by atoms with Crippen LogP contribution in [0.15, 0.2) is 109 Å². The highest BCUT2D eigenvalue weighted by molar-refractivity contribution is 5.85. The Morgan fingerprint density at radius 3 is 1.69 bits per heavy atom. The molecule has 2 aromatic heterocycles. The van der Waals surface area contributed by atoms with E-state index < -0.39 is 0 Å². The molecule has 4 aromatic carbocycles. The quantitative estimate of drug-likeness (QED) is 0.141. The van der Waals surface area contributed by atoms with Crippen molar-refractivity contribution in [2.75, 3.05) is 39.3 Å². The van der Waals surface area contributed by atoms with E-state index in [1.807, 2.05) is 41.3 Å². The first-order valence-electron chi connectivity index (χ1n) is 22.9. The highest BCUT2D eigenvalue weighted by Gasteiger charge is 2.40. The van der Waals surface area contributed by atoms with Gasteiger partial charge < -0.3 is 19.8 Å². The average Bonchev–Trinajstić information content (AvgIpc) is 4.17. The number of carbonyl (C=O) groups is 2. The zero-order valence-corrected chi connectivity index (χ0v) is 35.5. The number of hydrogen-bond donors (Lipinski definition) is 2. The SMILES string of the molecule is O=C([C@@H](c1ccccc1)N1CCCCC1)N1CCCC1c1ncc(C#Cc2ccc(-c3ccc4nc([C@@H]5CCCN5C(=O)[C@@H](c5ccccc5)N5CCCCC5)[nH]c4c3)cc2)[nH]1. The lowest BCUT2D eigenvalue weighted by atomic mass is 10.00. The molecule has 4 fully saturated rings. The topological polar surface area (TPSA) is 104 Å². The second-order valence-electron chi connectivity index (χ2n) is 17.6. The zero-order chi connectivity index (χ0) is 41.8. The molecule has 0 bridgehead atoms. The molecule has 4 atom stereocenters. The number of hydrogen-bond acceptors (Lipinski definition) is 6. The predicted octanol–water partition coefficient (Wildman–Crippen LogP) is 9.13. The smallest absolute Gasteiger partial charge is 0.245 e. The van der Waals surface area contributed by atoms with Crippen LogP contribution in [-0.2, 0) is 9.59 Å². The van der Waals surface area contributed by atoms with Crippen LogP contribution in [0, 0.1) is 11.8 Å². The van der Waals surface area contributed by atoms with Gasteiger partial charge in [-0.2, -0.15) is 0 Å². The van der Waals surface area contributed by atoms with Crippen LogP contribution in [0.1, 0.15) is 122 Å². The minimum Gasteiger partial charge on any atom is -0.340 e. The van der Waals surface area contributed by atoms with Gasteiger partial charge in [0.1, 0.15) is 29.4 Å². The van der Waals surface area contributed by atoms with Crippen LogP contribution in [0.2, 0.25) is 0 Å². The van der Waals surface area contributed by atoms with Crippen LogP contribution in [0.25, 0.3) is 22.2 Å². The molecule has 6 aromatic rings. The summed E-state index contributed by atoms with van der Waals surface area (Å²) in [6.07, 6.45) is 12.5. The summed E-state index contributed by atoms with van der Waals surface area (Å²) in [5, 5.41) is 0. The Morgan fingerprint density at radius 2 is 1.11 bits per heavy atom. The van der Waals surface area contributed by atoms with Gasteiger partial charge >= 0.3 is 0 Å². The lowest BCUT2D eigenvalue weighted by Gasteiger charge is -2.37. The van der Waals surface area contributed by atoms with Crippen LogP contribution in [0.5, 0.6) is 0 Å². The highest BCUT2D eigenvalue weighted by atomic mass is 16.2. The number of carbonyl (C=O) groups excluding carboxylic acids is 2. The molecule has 6 heterocycles. The third-order valence-corrected chi connectivity index (χ3v) is 13.6. The largest absolute Gasteiger partial charge is 0.340 e. The van der Waals surface area contributed by atoms with Crippen molar-refractivity contribution in [3.8, 4) is 23.0 Å². The Bertz CT molecular complexity index is 2540. The predicted molar refractivity (Wildman–Crippen MR) is 243 cm³/mol. The van der Waals surface area contributed by atoms with E-state index in [0.717, 1.165) is 147 Å². The third-order valence-electron chi connectivity index (χ3n) is 13.6. The van der Waals surface area contributed by atoms with Gasteiger partial charge in [0.15, 0.2) is 0 Å². The van der Waals surface area contributed by atoms with E-state index in [9.17, 15) is 9.59 Å². The first-order chi connectivity index (χ1) is 30.6. The zero-order valence-electron chi connectivity index (χ0n) is 35.5. The summed E-state index contributed by atoms with van der Waals surface area (Å²) >= 11 is 0. The number of benzene rings is 4. The number of aromatic amines is 2. The van der Waals surface area contributed by atoms with Crippen LogP contribution in [-0.4, -0.2) is 90.6 Å². The van der Waals surface area contributed by atoms with Crippen molar-refractivity contribution in [3.63, 3.8) is 0 Å². The molecule has 62 heavy (non-hydrogen) atoms. The molecule has 1 unspecified atom stereocenters. The van der Waals surface area contributed by atoms with Crippen LogP contribution in [0.4, 0.5) is 0 Å². The first kappa shape index (κ1) is 40.1. The second-order valence-corrected chi connectivity index (χ2v) is 17.6. The van der Waals surface area contributed by atoms with Gasteiger partial charge in [-0.3, -0.25) is 19.4 Å². The molecular formula is C52H56N8O2. The fourth-order valence-corrected chi connectivity index (χ4v) is 10.4. The molecular weight excluding hydrogens is 769 g/mol. The maximum atomic E-state index is 14.4. The molecule has 4 saturated heterocycles. The van der Waals surface area contributed by atoms with Crippen molar-refractivity contribution >= 4 is 22.8 Å². The van der Waals surface area contributed by atoms with Crippen molar-refractivity contribution in [1.82, 2.24) is 39.5 Å². The number of fused-ring (bicyclic) bond motifs is 1. The maximum absolute atomic E-state index is 14.4. The molecule has 0 aliphatic carbocycles. The molecule has 10 heteroatoms. The summed E-state index contributed by atoms with van der Waals surface area (Å²) in [6.45, 7) is 5.28. The van der Waals surface area contributed by atoms with Crippen molar-refractivity contribution in [2.45, 2.75) is 88.4 Å². The van der Waals surface area contributed by atoms with Crippen LogP contribution < -0.4 is 0 Å². The Balaban J connectivity index is 0.816. The van der Waals surface area contributed by atoms with E-state index in [2.05, 4.69) is 103 Å². The first-order valence-corrected chi connectivity index (χ1v) is 22.9. The van der Waals surface area contributed by atoms with Gasteiger partial charge in [-0.1, -0.05) is 97.6 Å². The second kappa shape index (κ2) is 18.1. The Kier molecular flexibility index (Phi) is 11.7. The van der Waals surface area contributed by atoms with E-state index >= 15 is 0 Å². The monoisotopic (exact) mass is 824 g/mol. The minimum atomic E-state index is -0.268. The summed E-state index contributed by atoms with van der Waals surface area (Å²) in [6, 6.07) is 34.6. The van der Waals surface area contributed by atoms with Crippen molar-refractivity contribution in [3.05, 3.63) is 143 Å². The van der Waals surface area contributed by atoms with E-state index in [-0.39, 0.29) is 36.0 Å². The lowest BCUT2D eigenvalue weighted by Crippen LogP contribution is -2.44. The van der Waals surface area contributed by atoms with E-state index in [1.54, 1.807) is 6.20 Å². The number of rotatable bonds is 9. The number of nitrogens with zero attached hydrogens (tertiary/aromatic N) is 6. The van der Waals surface area contributed by atoms with E-state index in [0.29, 0.717) is 0 Å². The van der Waals surface area contributed by atoms with Gasteiger partial charge in [0.25, 0.3) is 0 Å². The van der Waals surface area contributed by atoms with Gasteiger partial charge in [0, 0.05) is 18.7 Å². The summed E-state index contributed by atoms with van der Waals surface area (Å²) in [5.41, 5.74) is 7.84. The number of imidazole rings is 2. The van der Waals surface area contributed by atoms with Crippen molar-refractivity contribution in [2.24, 2.45) is 0 Å². The number of nitrogens with one attached hydrogen (secondary N) is 2. The Morgan fingerprint density at radius 1 is 0.565 bits per heavy atom. The van der Waals surface area contributed by atoms with Gasteiger partial charge in [-0.15, -0.1) is 0 Å². The summed E-state index contributed by atoms with van der Waals surface area (Å²) in [5.74, 6) is 8.63. The number of amides is 2. The molecule has 2 N–H and O–H groups in total. The number of H-pyrrole nitrogens is 2. The van der Waals surface area contributed by atoms with Crippen molar-refractivity contribution in [1.29, 1.82) is 0 Å². The molecule has 0 saturated carbocycles. The molecule has 2 amide bonds. The standard InChI is InChI=1S/C52H56N8O2/c61-51(47(39-15-5-1-6-16-39)57-29-9-3-10-30-57)59-33-13-19-45(59)49-53-36-42(54-49)27-23-37-21-24-38(25-22-37)41-26-28-43-44(35-41)56-50(55-43)46-20-14-34-60(46)52(62)48(40-17-7-2-8-18-40)58-31-11-4-12-32-58/h1-2,5-8,15-18,21-22,24-26,28,35-36,45-48H,3-4,9-14,19-20,29-34H2,(H,53,54)(H,55,56)/t45?,46-,47+,48+/m0/s1. The van der Waals surface area contributed by atoms with Gasteiger partial charge in [-0.05, 0) is 130 Å². The molecule has 0 radical (unpaired) electrons. The summed E-state index contributed by atoms with van der Waals surface area (Å²) < 4.78 is 0. The number of likely N-dealkylation sites (tertiary alicyclic amines) is 4. The van der Waals surface area contributed by atoms with E-state index in [4.69, 9.17) is 9.97 Å². The fourth-order valence-electron chi connectivity index (χ4n) is 10.4. The molecule has 4 aliphatic heterocycles. The maximum Gasteiger partial charge on any atom is 0.245 e. The number of aromatic nitrogens is 4. The van der Waals surface area contributed by atoms with Gasteiger partial charge in [-0.25, -0.2) is 9.97 Å². The fraction of sp³-hybridized carbons (Fsp3) is 0.385. The third kappa shape index (κ3) is 8.32. The average molecular weight is 825 g/mol.